The first kappa shape index (κ1) is 17.3. The van der Waals surface area contributed by atoms with Crippen molar-refractivity contribution in [2.24, 2.45) is 0 Å². The quantitative estimate of drug-likeness (QED) is 0.648. The number of hydrogen-bond acceptors (Lipinski definition) is 2. The van der Waals surface area contributed by atoms with E-state index in [1.54, 1.807) is 12.1 Å². The molecule has 0 fully saturated rings. The average molecular weight is 354 g/mol. The first-order valence-electron chi connectivity index (χ1n) is 8.29. The van der Waals surface area contributed by atoms with Crippen LogP contribution in [0, 0.1) is 6.92 Å². The van der Waals surface area contributed by atoms with Crippen molar-refractivity contribution in [1.29, 1.82) is 0 Å². The van der Waals surface area contributed by atoms with Crippen molar-refractivity contribution in [2.45, 2.75) is 26.4 Å². The summed E-state index contributed by atoms with van der Waals surface area (Å²) in [5, 5.41) is 5.72. The highest BCUT2D eigenvalue weighted by Gasteiger charge is 2.19. The summed E-state index contributed by atoms with van der Waals surface area (Å²) >= 11 is 6.02. The number of anilines is 1. The van der Waals surface area contributed by atoms with Crippen LogP contribution in [0.25, 0.3) is 10.8 Å². The summed E-state index contributed by atoms with van der Waals surface area (Å²) < 4.78 is 5.93. The number of aryl methyl sites for hydroxylation is 1. The van der Waals surface area contributed by atoms with Crippen molar-refractivity contribution in [2.75, 3.05) is 5.32 Å². The number of rotatable bonds is 5. The van der Waals surface area contributed by atoms with Crippen molar-refractivity contribution < 1.29 is 9.53 Å². The molecule has 0 aromatic heterocycles. The normalized spacial score (nSPS) is 12.0. The van der Waals surface area contributed by atoms with Crippen molar-refractivity contribution >= 4 is 34.0 Å². The molecule has 0 heterocycles. The van der Waals surface area contributed by atoms with Crippen LogP contribution in [0.4, 0.5) is 5.69 Å². The number of ether oxygens (including phenoxy) is 1. The summed E-state index contributed by atoms with van der Waals surface area (Å²) in [4.78, 5) is 12.6. The smallest absolute Gasteiger partial charge is 0.265 e. The summed E-state index contributed by atoms with van der Waals surface area (Å²) in [5.41, 5.74) is 1.66. The van der Waals surface area contributed by atoms with E-state index in [4.69, 9.17) is 16.3 Å². The molecule has 1 atom stereocenters. The third-order valence-electron chi connectivity index (χ3n) is 4.12. The molecule has 1 N–H and O–H groups in total. The minimum absolute atomic E-state index is 0.180. The molecule has 0 bridgehead atoms. The summed E-state index contributed by atoms with van der Waals surface area (Å²) in [5.74, 6) is 0.504. The Morgan fingerprint density at radius 1 is 1.08 bits per heavy atom. The van der Waals surface area contributed by atoms with Gasteiger partial charge in [-0.2, -0.15) is 0 Å². The Labute approximate surface area is 152 Å². The maximum Gasteiger partial charge on any atom is 0.265 e. The van der Waals surface area contributed by atoms with Crippen LogP contribution < -0.4 is 10.1 Å². The Kier molecular flexibility index (Phi) is 5.25. The summed E-state index contributed by atoms with van der Waals surface area (Å²) in [6.45, 7) is 3.85. The number of carbonyl (C=O) groups excluding carboxylic acids is 1. The summed E-state index contributed by atoms with van der Waals surface area (Å²) in [6, 6.07) is 19.3. The number of amides is 1. The number of fused-ring (bicyclic) bond motifs is 1. The van der Waals surface area contributed by atoms with Crippen LogP contribution in [0.5, 0.6) is 5.75 Å². The zero-order valence-corrected chi connectivity index (χ0v) is 15.0. The summed E-state index contributed by atoms with van der Waals surface area (Å²) in [7, 11) is 0. The molecule has 0 saturated heterocycles. The number of benzene rings is 3. The molecule has 1 amide bonds. The van der Waals surface area contributed by atoms with E-state index in [9.17, 15) is 4.79 Å². The fraction of sp³-hybridized carbons (Fsp3) is 0.190. The predicted molar refractivity (Wildman–Crippen MR) is 103 cm³/mol. The van der Waals surface area contributed by atoms with E-state index < -0.39 is 6.10 Å². The minimum Gasteiger partial charge on any atom is -0.481 e. The fourth-order valence-electron chi connectivity index (χ4n) is 2.67. The molecular formula is C21H20ClNO2. The van der Waals surface area contributed by atoms with E-state index in [0.717, 1.165) is 16.3 Å². The molecular weight excluding hydrogens is 334 g/mol. The average Bonchev–Trinajstić information content (AvgIpc) is 2.62. The van der Waals surface area contributed by atoms with Gasteiger partial charge in [-0.3, -0.25) is 4.79 Å². The highest BCUT2D eigenvalue weighted by atomic mass is 35.5. The number of nitrogens with one attached hydrogen (secondary N) is 1. The Morgan fingerprint density at radius 3 is 2.60 bits per heavy atom. The van der Waals surface area contributed by atoms with E-state index in [0.29, 0.717) is 22.9 Å². The van der Waals surface area contributed by atoms with Crippen molar-refractivity contribution in [1.82, 2.24) is 0 Å². The minimum atomic E-state index is -0.570. The molecule has 3 rings (SSSR count). The van der Waals surface area contributed by atoms with Gasteiger partial charge in [-0.25, -0.2) is 0 Å². The van der Waals surface area contributed by atoms with Crippen molar-refractivity contribution in [3.05, 3.63) is 71.2 Å². The Hall–Kier alpha value is -2.52. The zero-order valence-electron chi connectivity index (χ0n) is 14.3. The lowest BCUT2D eigenvalue weighted by Crippen LogP contribution is -2.32. The van der Waals surface area contributed by atoms with Crippen LogP contribution in [0.3, 0.4) is 0 Å². The molecule has 0 unspecified atom stereocenters. The van der Waals surface area contributed by atoms with Gasteiger partial charge in [0, 0.05) is 10.7 Å². The van der Waals surface area contributed by atoms with E-state index in [1.807, 2.05) is 62.4 Å². The van der Waals surface area contributed by atoms with Crippen LogP contribution in [0.1, 0.15) is 18.9 Å². The molecule has 3 aromatic rings. The molecule has 0 aliphatic carbocycles. The first-order chi connectivity index (χ1) is 12.1. The van der Waals surface area contributed by atoms with Gasteiger partial charge in [0.15, 0.2) is 6.10 Å². The lowest BCUT2D eigenvalue weighted by atomic mass is 10.1. The van der Waals surface area contributed by atoms with Crippen LogP contribution in [-0.4, -0.2) is 12.0 Å². The molecule has 0 radical (unpaired) electrons. The van der Waals surface area contributed by atoms with Gasteiger partial charge in [0.1, 0.15) is 5.75 Å². The Bertz CT molecular complexity index is 907. The van der Waals surface area contributed by atoms with E-state index in [2.05, 4.69) is 5.32 Å². The largest absolute Gasteiger partial charge is 0.481 e. The first-order valence-corrected chi connectivity index (χ1v) is 8.67. The third kappa shape index (κ3) is 4.12. The molecule has 25 heavy (non-hydrogen) atoms. The zero-order chi connectivity index (χ0) is 17.8. The maximum atomic E-state index is 12.6. The molecule has 0 aliphatic heterocycles. The Morgan fingerprint density at radius 2 is 1.84 bits per heavy atom. The van der Waals surface area contributed by atoms with Gasteiger partial charge in [-0.05, 0) is 53.9 Å². The van der Waals surface area contributed by atoms with Crippen LogP contribution in [0.2, 0.25) is 5.02 Å². The van der Waals surface area contributed by atoms with Crippen LogP contribution in [0.15, 0.2) is 60.7 Å². The Balaban J connectivity index is 1.76. The number of hydrogen-bond donors (Lipinski definition) is 1. The molecule has 0 aliphatic rings. The maximum absolute atomic E-state index is 12.6. The lowest BCUT2D eigenvalue weighted by molar-refractivity contribution is -0.122. The van der Waals surface area contributed by atoms with Gasteiger partial charge in [-0.15, -0.1) is 0 Å². The molecule has 128 valence electrons. The van der Waals surface area contributed by atoms with E-state index in [1.165, 1.54) is 0 Å². The molecule has 0 spiro atoms. The second kappa shape index (κ2) is 7.58. The second-order valence-electron chi connectivity index (χ2n) is 5.97. The molecule has 4 heteroatoms. The standard InChI is InChI=1S/C21H20ClNO2/c1-3-20(21(24)23-19-13-17(22)10-8-14(19)2)25-18-11-9-15-6-4-5-7-16(15)12-18/h4-13,20H,3H2,1-2H3,(H,23,24)/t20-/m1/s1. The van der Waals surface area contributed by atoms with Crippen molar-refractivity contribution in [3.8, 4) is 5.75 Å². The van der Waals surface area contributed by atoms with Gasteiger partial charge in [-0.1, -0.05) is 54.9 Å². The van der Waals surface area contributed by atoms with Crippen molar-refractivity contribution in [3.63, 3.8) is 0 Å². The highest BCUT2D eigenvalue weighted by Crippen LogP contribution is 2.24. The predicted octanol–water partition coefficient (Wildman–Crippen LogP) is 5.60. The topological polar surface area (TPSA) is 38.3 Å². The molecule has 0 saturated carbocycles. The molecule has 3 aromatic carbocycles. The summed E-state index contributed by atoms with van der Waals surface area (Å²) in [6.07, 6.45) is -0.00214. The van der Waals surface area contributed by atoms with Gasteiger partial charge in [0.25, 0.3) is 5.91 Å². The SMILES string of the molecule is CC[C@@H](Oc1ccc2ccccc2c1)C(=O)Nc1cc(Cl)ccc1C. The number of halogens is 1. The number of carbonyl (C=O) groups is 1. The van der Waals surface area contributed by atoms with E-state index in [-0.39, 0.29) is 5.91 Å². The highest BCUT2D eigenvalue weighted by molar-refractivity contribution is 6.31. The molecule has 3 nitrogen and oxygen atoms in total. The monoisotopic (exact) mass is 353 g/mol. The van der Waals surface area contributed by atoms with Gasteiger partial charge in [0.05, 0.1) is 0 Å². The fourth-order valence-corrected chi connectivity index (χ4v) is 2.84. The van der Waals surface area contributed by atoms with Gasteiger partial charge < -0.3 is 10.1 Å². The second-order valence-corrected chi connectivity index (χ2v) is 6.41. The third-order valence-corrected chi connectivity index (χ3v) is 4.36. The van der Waals surface area contributed by atoms with Gasteiger partial charge >= 0.3 is 0 Å². The van der Waals surface area contributed by atoms with Crippen LogP contribution >= 0.6 is 11.6 Å². The van der Waals surface area contributed by atoms with E-state index >= 15 is 0 Å². The lowest BCUT2D eigenvalue weighted by Gasteiger charge is -2.18. The van der Waals surface area contributed by atoms with Gasteiger partial charge in [0.2, 0.25) is 0 Å². The van der Waals surface area contributed by atoms with Crippen LogP contribution in [-0.2, 0) is 4.79 Å².